The fourth-order valence-electron chi connectivity index (χ4n) is 3.78. The Morgan fingerprint density at radius 1 is 1.21 bits per heavy atom. The molecular weight excluding hydrogens is 478 g/mol. The smallest absolute Gasteiger partial charge is 0.407 e. The first-order valence-electron chi connectivity index (χ1n) is 11.2. The monoisotopic (exact) mass is 513 g/mol. The van der Waals surface area contributed by atoms with Crippen molar-refractivity contribution in [3.05, 3.63) is 35.9 Å². The van der Waals surface area contributed by atoms with Crippen LogP contribution in [-0.2, 0) is 35.6 Å². The first-order chi connectivity index (χ1) is 15.8. The number of sulfone groups is 1. The molecule has 0 aromatic heterocycles. The van der Waals surface area contributed by atoms with E-state index in [1.165, 1.54) is 0 Å². The zero-order valence-electron chi connectivity index (χ0n) is 20.3. The van der Waals surface area contributed by atoms with Crippen LogP contribution in [0.3, 0.4) is 0 Å². The van der Waals surface area contributed by atoms with Crippen molar-refractivity contribution >= 4 is 36.0 Å². The summed E-state index contributed by atoms with van der Waals surface area (Å²) in [5.74, 6) is -0.474. The summed E-state index contributed by atoms with van der Waals surface area (Å²) < 4.78 is 29.1. The van der Waals surface area contributed by atoms with E-state index in [1.807, 2.05) is 54.9 Å². The summed E-state index contributed by atoms with van der Waals surface area (Å²) in [6.07, 6.45) is 1.40. The van der Waals surface area contributed by atoms with Crippen LogP contribution in [0.4, 0.5) is 4.79 Å². The third-order valence-electron chi connectivity index (χ3n) is 6.45. The van der Waals surface area contributed by atoms with Gasteiger partial charge in [0, 0.05) is 32.2 Å². The molecule has 34 heavy (non-hydrogen) atoms. The zero-order chi connectivity index (χ0) is 25.4. The number of hydrogen-bond acceptors (Lipinski definition) is 7. The molecule has 1 aromatic carbocycles. The van der Waals surface area contributed by atoms with E-state index in [4.69, 9.17) is 9.57 Å². The maximum atomic E-state index is 12.8. The van der Waals surface area contributed by atoms with Crippen molar-refractivity contribution in [3.8, 4) is 0 Å². The van der Waals surface area contributed by atoms with Gasteiger partial charge in [-0.1, -0.05) is 50.3 Å². The van der Waals surface area contributed by atoms with Gasteiger partial charge in [-0.2, -0.15) is 0 Å². The minimum atomic E-state index is -3.23. The Bertz CT molecular complexity index is 972. The first-order valence-corrected chi connectivity index (χ1v) is 16.2. The molecule has 0 aliphatic carbocycles. The van der Waals surface area contributed by atoms with E-state index in [0.29, 0.717) is 19.4 Å². The topological polar surface area (TPSA) is 131 Å². The third kappa shape index (κ3) is 8.10. The van der Waals surface area contributed by atoms with E-state index in [-0.39, 0.29) is 43.7 Å². The van der Waals surface area contributed by atoms with Crippen molar-refractivity contribution in [2.24, 2.45) is 0 Å². The van der Waals surface area contributed by atoms with Crippen molar-refractivity contribution < 1.29 is 32.4 Å². The number of alkyl carbamates (subject to hydrolysis) is 1. The second-order valence-electron chi connectivity index (χ2n) is 9.33. The number of rotatable bonds is 13. The number of ether oxygens (including phenoxy) is 1. The Kier molecular flexibility index (Phi) is 9.65. The summed E-state index contributed by atoms with van der Waals surface area (Å²) in [6, 6.07) is 9.45. The average molecular weight is 514 g/mol. The average Bonchev–Trinajstić information content (AvgIpc) is 2.72. The Hall–Kier alpha value is -2.44. The normalized spacial score (nSPS) is 15.8. The maximum absolute atomic E-state index is 12.8. The summed E-state index contributed by atoms with van der Waals surface area (Å²) in [6.45, 7) is 6.93. The van der Waals surface area contributed by atoms with Gasteiger partial charge in [0.05, 0.1) is 12.4 Å². The van der Waals surface area contributed by atoms with Crippen LogP contribution in [0.5, 0.6) is 0 Å². The lowest BCUT2D eigenvalue weighted by molar-refractivity contribution is -0.137. The number of amides is 3. The molecule has 2 rings (SSSR count). The van der Waals surface area contributed by atoms with E-state index in [2.05, 4.69) is 10.8 Å². The SMILES string of the molecule is CC(CCNC(=O)OCCS(C)(=O)=O)(CC(=O)NOCc1ccccc1)[Si](C)(C)N1CCC1=O. The molecule has 1 unspecified atom stereocenters. The molecule has 1 aliphatic rings. The highest BCUT2D eigenvalue weighted by Gasteiger charge is 2.52. The molecule has 190 valence electrons. The standard InChI is InChI=1S/C22H35N3O7SSi/c1-22(34(3,4)25-13-10-20(25)27,11-12-23-21(28)31-14-15-33(2,29)30)16-19(26)24-32-17-18-8-6-5-7-9-18/h5-9H,10-17H2,1-4H3,(H,23,28)(H,24,26). The molecule has 1 atom stereocenters. The van der Waals surface area contributed by atoms with Crippen molar-refractivity contribution in [1.82, 2.24) is 15.4 Å². The second-order valence-corrected chi connectivity index (χ2v) is 16.5. The van der Waals surface area contributed by atoms with Gasteiger partial charge in [0.2, 0.25) is 11.8 Å². The van der Waals surface area contributed by atoms with Gasteiger partial charge in [0.25, 0.3) is 0 Å². The third-order valence-corrected chi connectivity index (χ3v) is 12.6. The van der Waals surface area contributed by atoms with Crippen molar-refractivity contribution in [1.29, 1.82) is 0 Å². The molecule has 1 aromatic rings. The molecule has 3 amide bonds. The van der Waals surface area contributed by atoms with E-state index in [9.17, 15) is 22.8 Å². The fourth-order valence-corrected chi connectivity index (χ4v) is 7.56. The molecule has 12 heteroatoms. The molecule has 10 nitrogen and oxygen atoms in total. The summed E-state index contributed by atoms with van der Waals surface area (Å²) in [5.41, 5.74) is 3.42. The number of nitrogens with zero attached hydrogens (tertiary/aromatic N) is 1. The van der Waals surface area contributed by atoms with Crippen LogP contribution in [0.1, 0.15) is 31.7 Å². The molecular formula is C22H35N3O7SSi. The molecule has 1 fully saturated rings. The minimum Gasteiger partial charge on any atom is -0.448 e. The number of carbonyl (C=O) groups is 3. The quantitative estimate of drug-likeness (QED) is 0.234. The van der Waals surface area contributed by atoms with Crippen LogP contribution < -0.4 is 10.8 Å². The van der Waals surface area contributed by atoms with Crippen LogP contribution >= 0.6 is 0 Å². The van der Waals surface area contributed by atoms with E-state index >= 15 is 0 Å². The van der Waals surface area contributed by atoms with Gasteiger partial charge in [0.1, 0.15) is 6.61 Å². The summed E-state index contributed by atoms with van der Waals surface area (Å²) in [4.78, 5) is 42.3. The Labute approximate surface area is 202 Å². The minimum absolute atomic E-state index is 0.0803. The number of hydrogen-bond donors (Lipinski definition) is 2. The van der Waals surface area contributed by atoms with Crippen LogP contribution in [-0.4, -0.2) is 70.8 Å². The largest absolute Gasteiger partial charge is 0.448 e. The van der Waals surface area contributed by atoms with Gasteiger partial charge in [-0.3, -0.25) is 14.4 Å². The van der Waals surface area contributed by atoms with Crippen molar-refractivity contribution in [3.63, 3.8) is 0 Å². The highest BCUT2D eigenvalue weighted by molar-refractivity contribution is 7.90. The predicted octanol–water partition coefficient (Wildman–Crippen LogP) is 1.98. The van der Waals surface area contributed by atoms with E-state index in [0.717, 1.165) is 11.8 Å². The number of benzene rings is 1. The maximum Gasteiger partial charge on any atom is 0.407 e. The summed E-state index contributed by atoms with van der Waals surface area (Å²) in [5, 5.41) is 2.05. The highest BCUT2D eigenvalue weighted by atomic mass is 32.2. The molecule has 1 saturated heterocycles. The first kappa shape index (κ1) is 27.8. The molecule has 0 spiro atoms. The molecule has 1 aliphatic heterocycles. The lowest BCUT2D eigenvalue weighted by Crippen LogP contribution is -2.65. The molecule has 2 N–H and O–H groups in total. The summed E-state index contributed by atoms with van der Waals surface area (Å²) >= 11 is 0. The van der Waals surface area contributed by atoms with Gasteiger partial charge >= 0.3 is 6.09 Å². The fraction of sp³-hybridized carbons (Fsp3) is 0.591. The second kappa shape index (κ2) is 11.8. The van der Waals surface area contributed by atoms with Crippen LogP contribution in [0.15, 0.2) is 30.3 Å². The Balaban J connectivity index is 1.95. The van der Waals surface area contributed by atoms with E-state index < -0.39 is 29.2 Å². The Morgan fingerprint density at radius 3 is 2.44 bits per heavy atom. The number of nitrogens with one attached hydrogen (secondary N) is 2. The van der Waals surface area contributed by atoms with Crippen LogP contribution in [0.25, 0.3) is 0 Å². The summed E-state index contributed by atoms with van der Waals surface area (Å²) in [7, 11) is -5.66. The van der Waals surface area contributed by atoms with Crippen molar-refractivity contribution in [2.75, 3.05) is 31.7 Å². The van der Waals surface area contributed by atoms with Gasteiger partial charge in [0.15, 0.2) is 18.1 Å². The number of carbonyl (C=O) groups excluding carboxylic acids is 3. The molecule has 1 heterocycles. The van der Waals surface area contributed by atoms with Gasteiger partial charge in [-0.05, 0) is 17.0 Å². The lowest BCUT2D eigenvalue weighted by Gasteiger charge is -2.52. The zero-order valence-corrected chi connectivity index (χ0v) is 22.1. The van der Waals surface area contributed by atoms with Crippen molar-refractivity contribution in [2.45, 2.75) is 50.9 Å². The van der Waals surface area contributed by atoms with Gasteiger partial charge in [-0.15, -0.1) is 0 Å². The highest BCUT2D eigenvalue weighted by Crippen LogP contribution is 2.47. The Morgan fingerprint density at radius 2 is 1.88 bits per heavy atom. The predicted molar refractivity (Wildman–Crippen MR) is 130 cm³/mol. The molecule has 0 bridgehead atoms. The molecule has 0 saturated carbocycles. The van der Waals surface area contributed by atoms with Crippen LogP contribution in [0, 0.1) is 0 Å². The lowest BCUT2D eigenvalue weighted by atomic mass is 10.0. The molecule has 0 radical (unpaired) electrons. The number of β-lactam (4-membered cyclic amide) rings is 1. The number of hydroxylamine groups is 1. The van der Waals surface area contributed by atoms with Gasteiger partial charge < -0.3 is 14.6 Å². The van der Waals surface area contributed by atoms with E-state index in [1.54, 1.807) is 0 Å². The van der Waals surface area contributed by atoms with Crippen LogP contribution in [0.2, 0.25) is 18.1 Å². The van der Waals surface area contributed by atoms with Gasteiger partial charge in [-0.25, -0.2) is 18.7 Å².